The van der Waals surface area contributed by atoms with E-state index in [-0.39, 0.29) is 11.9 Å². The van der Waals surface area contributed by atoms with E-state index in [1.165, 1.54) is 58.0 Å². The maximum absolute atomic E-state index is 12.4. The SMILES string of the molecule is CC(CNC(=O)C1CC2CCCCC2N1)CN1CCCCC1. The number of likely N-dealkylation sites (tertiary alicyclic amines) is 1. The van der Waals surface area contributed by atoms with Gasteiger partial charge in [0, 0.05) is 19.1 Å². The molecule has 0 aromatic carbocycles. The fraction of sp³-hybridized carbons (Fsp3) is 0.944. The van der Waals surface area contributed by atoms with Crippen LogP contribution in [0.15, 0.2) is 0 Å². The zero-order valence-electron chi connectivity index (χ0n) is 14.2. The van der Waals surface area contributed by atoms with Crippen molar-refractivity contribution in [1.29, 1.82) is 0 Å². The normalized spacial score (nSPS) is 34.1. The van der Waals surface area contributed by atoms with Gasteiger partial charge in [-0.1, -0.05) is 26.2 Å². The summed E-state index contributed by atoms with van der Waals surface area (Å²) in [7, 11) is 0. The van der Waals surface area contributed by atoms with Gasteiger partial charge in [0.2, 0.25) is 5.91 Å². The van der Waals surface area contributed by atoms with E-state index in [0.717, 1.165) is 25.4 Å². The molecule has 1 saturated carbocycles. The summed E-state index contributed by atoms with van der Waals surface area (Å²) < 4.78 is 0. The highest BCUT2D eigenvalue weighted by atomic mass is 16.2. The third-order valence-corrected chi connectivity index (χ3v) is 5.82. The van der Waals surface area contributed by atoms with Crippen LogP contribution < -0.4 is 10.6 Å². The first kappa shape index (κ1) is 16.3. The highest BCUT2D eigenvalue weighted by Gasteiger charge is 2.38. The van der Waals surface area contributed by atoms with Gasteiger partial charge in [-0.25, -0.2) is 0 Å². The monoisotopic (exact) mass is 307 g/mol. The van der Waals surface area contributed by atoms with Gasteiger partial charge in [0.1, 0.15) is 0 Å². The lowest BCUT2D eigenvalue weighted by molar-refractivity contribution is -0.123. The Kier molecular flexibility index (Phi) is 5.75. The van der Waals surface area contributed by atoms with Gasteiger partial charge in [0.15, 0.2) is 0 Å². The minimum atomic E-state index is 0.0651. The summed E-state index contributed by atoms with van der Waals surface area (Å²) in [6, 6.07) is 0.672. The molecule has 4 atom stereocenters. The molecule has 2 heterocycles. The van der Waals surface area contributed by atoms with Gasteiger partial charge in [-0.3, -0.25) is 4.79 Å². The van der Waals surface area contributed by atoms with Gasteiger partial charge in [0.25, 0.3) is 0 Å². The van der Waals surface area contributed by atoms with Crippen LogP contribution in [-0.4, -0.2) is 49.1 Å². The standard InChI is InChI=1S/C18H33N3O/c1-14(13-21-9-5-2-6-10-21)12-19-18(22)17-11-15-7-3-4-8-16(15)20-17/h14-17,20H,2-13H2,1H3,(H,19,22). The van der Waals surface area contributed by atoms with E-state index in [1.54, 1.807) is 0 Å². The van der Waals surface area contributed by atoms with Crippen molar-refractivity contribution < 1.29 is 4.79 Å². The summed E-state index contributed by atoms with van der Waals surface area (Å²) in [6.45, 7) is 6.70. The molecule has 126 valence electrons. The molecule has 3 fully saturated rings. The molecule has 3 aliphatic rings. The highest BCUT2D eigenvalue weighted by molar-refractivity contribution is 5.82. The molecular weight excluding hydrogens is 274 g/mol. The number of carbonyl (C=O) groups is 1. The number of carbonyl (C=O) groups excluding carboxylic acids is 1. The minimum absolute atomic E-state index is 0.0651. The average Bonchev–Trinajstić information content (AvgIpc) is 2.98. The Morgan fingerprint density at radius 1 is 1.18 bits per heavy atom. The average molecular weight is 307 g/mol. The number of rotatable bonds is 5. The number of piperidine rings is 1. The van der Waals surface area contributed by atoms with Gasteiger partial charge >= 0.3 is 0 Å². The third kappa shape index (κ3) is 4.23. The van der Waals surface area contributed by atoms with Crippen LogP contribution in [0.4, 0.5) is 0 Å². The van der Waals surface area contributed by atoms with Crippen molar-refractivity contribution in [1.82, 2.24) is 15.5 Å². The predicted molar refractivity (Wildman–Crippen MR) is 89.8 cm³/mol. The summed E-state index contributed by atoms with van der Waals surface area (Å²) in [5.74, 6) is 1.53. The van der Waals surface area contributed by atoms with Crippen molar-refractivity contribution in [2.24, 2.45) is 11.8 Å². The maximum atomic E-state index is 12.4. The van der Waals surface area contributed by atoms with Crippen LogP contribution in [0.25, 0.3) is 0 Å². The van der Waals surface area contributed by atoms with Crippen LogP contribution in [0.3, 0.4) is 0 Å². The number of fused-ring (bicyclic) bond motifs is 1. The Morgan fingerprint density at radius 2 is 1.95 bits per heavy atom. The molecule has 4 heteroatoms. The molecule has 2 saturated heterocycles. The van der Waals surface area contributed by atoms with Crippen molar-refractivity contribution in [3.8, 4) is 0 Å². The summed E-state index contributed by atoms with van der Waals surface area (Å²) in [6.07, 6.45) is 10.4. The quantitative estimate of drug-likeness (QED) is 0.818. The van der Waals surface area contributed by atoms with E-state index in [1.807, 2.05) is 0 Å². The molecule has 4 unspecified atom stereocenters. The van der Waals surface area contributed by atoms with Gasteiger partial charge in [-0.05, 0) is 57.0 Å². The Morgan fingerprint density at radius 3 is 2.73 bits per heavy atom. The largest absolute Gasteiger partial charge is 0.354 e. The summed E-state index contributed by atoms with van der Waals surface area (Å²) in [5.41, 5.74) is 0. The molecule has 2 aliphatic heterocycles. The first-order chi connectivity index (χ1) is 10.7. The maximum Gasteiger partial charge on any atom is 0.237 e. The molecule has 0 aromatic rings. The fourth-order valence-corrected chi connectivity index (χ4v) is 4.57. The molecule has 0 bridgehead atoms. The zero-order valence-corrected chi connectivity index (χ0v) is 14.2. The van der Waals surface area contributed by atoms with Crippen LogP contribution in [-0.2, 0) is 4.79 Å². The predicted octanol–water partition coefficient (Wildman–Crippen LogP) is 2.15. The first-order valence-electron chi connectivity index (χ1n) is 9.48. The van der Waals surface area contributed by atoms with Crippen LogP contribution >= 0.6 is 0 Å². The zero-order chi connectivity index (χ0) is 15.4. The molecule has 3 rings (SSSR count). The smallest absolute Gasteiger partial charge is 0.237 e. The lowest BCUT2D eigenvalue weighted by Gasteiger charge is -2.29. The minimum Gasteiger partial charge on any atom is -0.354 e. The number of amides is 1. The van der Waals surface area contributed by atoms with Crippen molar-refractivity contribution in [3.63, 3.8) is 0 Å². The molecule has 22 heavy (non-hydrogen) atoms. The van der Waals surface area contributed by atoms with Crippen LogP contribution in [0.1, 0.15) is 58.3 Å². The topological polar surface area (TPSA) is 44.4 Å². The van der Waals surface area contributed by atoms with E-state index in [2.05, 4.69) is 22.5 Å². The summed E-state index contributed by atoms with van der Waals surface area (Å²) >= 11 is 0. The van der Waals surface area contributed by atoms with Crippen LogP contribution in [0.2, 0.25) is 0 Å². The second-order valence-corrected chi connectivity index (χ2v) is 7.82. The number of nitrogens with zero attached hydrogens (tertiary/aromatic N) is 1. The van der Waals surface area contributed by atoms with E-state index >= 15 is 0 Å². The number of hydrogen-bond donors (Lipinski definition) is 2. The lowest BCUT2D eigenvalue weighted by atomic mass is 9.85. The molecule has 1 aliphatic carbocycles. The number of hydrogen-bond acceptors (Lipinski definition) is 3. The Bertz CT molecular complexity index is 353. The summed E-state index contributed by atoms with van der Waals surface area (Å²) in [5, 5.41) is 6.77. The van der Waals surface area contributed by atoms with E-state index in [9.17, 15) is 4.79 Å². The second-order valence-electron chi connectivity index (χ2n) is 7.82. The highest BCUT2D eigenvalue weighted by Crippen LogP contribution is 2.33. The van der Waals surface area contributed by atoms with Crippen molar-refractivity contribution in [3.05, 3.63) is 0 Å². The summed E-state index contributed by atoms with van der Waals surface area (Å²) in [4.78, 5) is 15.0. The Balaban J connectivity index is 1.36. The van der Waals surface area contributed by atoms with Crippen molar-refractivity contribution >= 4 is 5.91 Å². The first-order valence-corrected chi connectivity index (χ1v) is 9.48. The molecule has 1 amide bonds. The molecule has 0 spiro atoms. The molecular formula is C18H33N3O. The van der Waals surface area contributed by atoms with Crippen LogP contribution in [0.5, 0.6) is 0 Å². The molecule has 4 nitrogen and oxygen atoms in total. The van der Waals surface area contributed by atoms with E-state index in [4.69, 9.17) is 0 Å². The fourth-order valence-electron chi connectivity index (χ4n) is 4.57. The number of nitrogens with one attached hydrogen (secondary N) is 2. The Labute approximate surface area is 135 Å². The molecule has 0 radical (unpaired) electrons. The van der Waals surface area contributed by atoms with E-state index < -0.39 is 0 Å². The molecule has 0 aromatic heterocycles. The lowest BCUT2D eigenvalue weighted by Crippen LogP contribution is -2.45. The van der Waals surface area contributed by atoms with Crippen LogP contribution in [0, 0.1) is 11.8 Å². The van der Waals surface area contributed by atoms with Gasteiger partial charge in [0.05, 0.1) is 6.04 Å². The van der Waals surface area contributed by atoms with Crippen molar-refractivity contribution in [2.75, 3.05) is 26.2 Å². The Hall–Kier alpha value is -0.610. The van der Waals surface area contributed by atoms with Gasteiger partial charge in [-0.15, -0.1) is 0 Å². The van der Waals surface area contributed by atoms with Crippen molar-refractivity contribution in [2.45, 2.75) is 70.4 Å². The van der Waals surface area contributed by atoms with Gasteiger partial charge < -0.3 is 15.5 Å². The van der Waals surface area contributed by atoms with Gasteiger partial charge in [-0.2, -0.15) is 0 Å². The second kappa shape index (κ2) is 7.78. The molecule has 2 N–H and O–H groups in total. The third-order valence-electron chi connectivity index (χ3n) is 5.82. The van der Waals surface area contributed by atoms with E-state index in [0.29, 0.717) is 12.0 Å².